The minimum atomic E-state index is -0.502. The molecular weight excluding hydrogens is 434 g/mol. The number of thiophene rings is 1. The number of aryl methyl sites for hydroxylation is 2. The van der Waals surface area contributed by atoms with Gasteiger partial charge in [-0.1, -0.05) is 41.4 Å². The molecule has 0 aliphatic rings. The summed E-state index contributed by atoms with van der Waals surface area (Å²) in [4.78, 5) is 25.9. The molecule has 3 aromatic rings. The summed E-state index contributed by atoms with van der Waals surface area (Å²) in [6.45, 7) is 4.34. The Balaban J connectivity index is 1.69. The van der Waals surface area contributed by atoms with Crippen LogP contribution in [0.15, 0.2) is 48.5 Å². The Bertz CT molecular complexity index is 1080. The third-order valence-corrected chi connectivity index (χ3v) is 5.93. The van der Waals surface area contributed by atoms with Crippen LogP contribution >= 0.6 is 22.9 Å². The number of esters is 1. The maximum Gasteiger partial charge on any atom is 0.341 e. The minimum absolute atomic E-state index is 0.184. The van der Waals surface area contributed by atoms with Crippen molar-refractivity contribution in [2.75, 3.05) is 19.0 Å². The van der Waals surface area contributed by atoms with Gasteiger partial charge in [0.1, 0.15) is 16.3 Å². The number of carbonyl (C=O) groups excluding carboxylic acids is 2. The summed E-state index contributed by atoms with van der Waals surface area (Å²) in [6.07, 6.45) is 0.828. The molecule has 1 heterocycles. The monoisotopic (exact) mass is 457 g/mol. The second kappa shape index (κ2) is 10.5. The summed E-state index contributed by atoms with van der Waals surface area (Å²) >= 11 is 7.48. The van der Waals surface area contributed by atoms with E-state index in [4.69, 9.17) is 21.1 Å². The van der Waals surface area contributed by atoms with Gasteiger partial charge in [0.2, 0.25) is 5.91 Å². The van der Waals surface area contributed by atoms with Crippen molar-refractivity contribution in [2.45, 2.75) is 26.7 Å². The van der Waals surface area contributed by atoms with Crippen LogP contribution in [-0.2, 0) is 9.53 Å². The molecule has 1 amide bonds. The fourth-order valence-electron chi connectivity index (χ4n) is 3.17. The summed E-state index contributed by atoms with van der Waals surface area (Å²) in [5.41, 5.74) is 3.03. The molecule has 7 heteroatoms. The van der Waals surface area contributed by atoms with Gasteiger partial charge in [0.05, 0.1) is 13.7 Å². The highest BCUT2D eigenvalue weighted by molar-refractivity contribution is 7.17. The molecule has 0 aliphatic heterocycles. The summed E-state index contributed by atoms with van der Waals surface area (Å²) < 4.78 is 10.7. The molecule has 5 nitrogen and oxygen atoms in total. The normalized spacial score (nSPS) is 10.6. The molecule has 0 saturated heterocycles. The summed E-state index contributed by atoms with van der Waals surface area (Å²) in [7, 11) is 1.32. The number of hydrogen-bond donors (Lipinski definition) is 1. The third-order valence-electron chi connectivity index (χ3n) is 4.68. The van der Waals surface area contributed by atoms with E-state index >= 15 is 0 Å². The largest absolute Gasteiger partial charge is 0.494 e. The third kappa shape index (κ3) is 5.87. The lowest BCUT2D eigenvalue weighted by Gasteiger charge is -2.09. The summed E-state index contributed by atoms with van der Waals surface area (Å²) in [5.74, 6) is 0.0907. The predicted molar refractivity (Wildman–Crippen MR) is 125 cm³/mol. The molecule has 0 fully saturated rings. The lowest BCUT2D eigenvalue weighted by molar-refractivity contribution is -0.116. The highest BCUT2D eigenvalue weighted by atomic mass is 35.5. The number of halogens is 1. The lowest BCUT2D eigenvalue weighted by Crippen LogP contribution is -2.14. The standard InChI is InChI=1S/C24H24ClNO4S/c1-15-9-11-19(12-10-15)30-13-5-8-20(27)26-23-22(24(28)29-3)21(16(2)31-23)17-6-4-7-18(25)14-17/h4,6-7,9-12,14H,5,8,13H2,1-3H3,(H,26,27). The van der Waals surface area contributed by atoms with Crippen LogP contribution in [0.3, 0.4) is 0 Å². The molecule has 0 unspecified atom stereocenters. The highest BCUT2D eigenvalue weighted by Gasteiger charge is 2.25. The maximum atomic E-state index is 12.5. The molecule has 0 bridgehead atoms. The van der Waals surface area contributed by atoms with Gasteiger partial charge < -0.3 is 14.8 Å². The van der Waals surface area contributed by atoms with E-state index in [0.29, 0.717) is 28.6 Å². The van der Waals surface area contributed by atoms with Crippen molar-refractivity contribution in [3.8, 4) is 16.9 Å². The molecule has 0 spiro atoms. The smallest absolute Gasteiger partial charge is 0.341 e. The average molecular weight is 458 g/mol. The molecule has 31 heavy (non-hydrogen) atoms. The number of benzene rings is 2. The zero-order chi connectivity index (χ0) is 22.4. The SMILES string of the molecule is COC(=O)c1c(NC(=O)CCCOc2ccc(C)cc2)sc(C)c1-c1cccc(Cl)c1. The fraction of sp³-hybridized carbons (Fsp3) is 0.250. The first-order valence-corrected chi connectivity index (χ1v) is 11.1. The second-order valence-corrected chi connectivity index (χ2v) is 8.71. The minimum Gasteiger partial charge on any atom is -0.494 e. The predicted octanol–water partition coefficient (Wildman–Crippen LogP) is 6.27. The zero-order valence-corrected chi connectivity index (χ0v) is 19.2. The van der Waals surface area contributed by atoms with E-state index in [1.165, 1.54) is 18.4 Å². The average Bonchev–Trinajstić information content (AvgIpc) is 3.07. The van der Waals surface area contributed by atoms with Gasteiger partial charge in [-0.2, -0.15) is 0 Å². The number of methoxy groups -OCH3 is 1. The molecule has 0 radical (unpaired) electrons. The number of amides is 1. The lowest BCUT2D eigenvalue weighted by atomic mass is 10.0. The van der Waals surface area contributed by atoms with E-state index in [-0.39, 0.29) is 12.3 Å². The van der Waals surface area contributed by atoms with Crippen molar-refractivity contribution >= 4 is 39.8 Å². The van der Waals surface area contributed by atoms with Crippen molar-refractivity contribution in [3.63, 3.8) is 0 Å². The van der Waals surface area contributed by atoms with Crippen molar-refractivity contribution in [2.24, 2.45) is 0 Å². The van der Waals surface area contributed by atoms with E-state index < -0.39 is 5.97 Å². The highest BCUT2D eigenvalue weighted by Crippen LogP contribution is 2.41. The van der Waals surface area contributed by atoms with Gasteiger partial charge in [0.15, 0.2) is 0 Å². The van der Waals surface area contributed by atoms with Gasteiger partial charge in [-0.25, -0.2) is 4.79 Å². The van der Waals surface area contributed by atoms with E-state index in [1.807, 2.05) is 50.2 Å². The molecule has 0 aliphatic carbocycles. The van der Waals surface area contributed by atoms with Crippen LogP contribution in [0.2, 0.25) is 5.02 Å². The van der Waals surface area contributed by atoms with E-state index in [1.54, 1.807) is 12.1 Å². The van der Waals surface area contributed by atoms with Crippen LogP contribution in [0, 0.1) is 13.8 Å². The molecule has 162 valence electrons. The molecule has 1 aromatic heterocycles. The second-order valence-electron chi connectivity index (χ2n) is 7.05. The van der Waals surface area contributed by atoms with Crippen LogP contribution < -0.4 is 10.1 Å². The van der Waals surface area contributed by atoms with Gasteiger partial charge in [-0.05, 0) is 50.1 Å². The quantitative estimate of drug-likeness (QED) is 0.320. The number of carbonyl (C=O) groups is 2. The van der Waals surface area contributed by atoms with E-state index in [9.17, 15) is 9.59 Å². The van der Waals surface area contributed by atoms with Crippen LogP contribution in [0.5, 0.6) is 5.75 Å². The Morgan fingerprint density at radius 2 is 1.84 bits per heavy atom. The number of nitrogens with one attached hydrogen (secondary N) is 1. The molecule has 0 atom stereocenters. The van der Waals surface area contributed by atoms with Gasteiger partial charge >= 0.3 is 5.97 Å². The van der Waals surface area contributed by atoms with Gasteiger partial charge in [-0.15, -0.1) is 11.3 Å². The number of anilines is 1. The number of hydrogen-bond acceptors (Lipinski definition) is 5. The molecule has 2 aromatic carbocycles. The van der Waals surface area contributed by atoms with Gasteiger partial charge in [-0.3, -0.25) is 4.79 Å². The maximum absolute atomic E-state index is 12.5. The van der Waals surface area contributed by atoms with Crippen LogP contribution in [0.25, 0.3) is 11.1 Å². The molecule has 3 rings (SSSR count). The first kappa shape index (κ1) is 22.8. The molecule has 0 saturated carbocycles. The molecule has 1 N–H and O–H groups in total. The van der Waals surface area contributed by atoms with Gasteiger partial charge in [0, 0.05) is 21.9 Å². The topological polar surface area (TPSA) is 64.6 Å². The first-order valence-electron chi connectivity index (χ1n) is 9.86. The zero-order valence-electron chi connectivity index (χ0n) is 17.7. The summed E-state index contributed by atoms with van der Waals surface area (Å²) in [5, 5.41) is 3.91. The first-order chi connectivity index (χ1) is 14.9. The van der Waals surface area contributed by atoms with Crippen molar-refractivity contribution < 1.29 is 19.1 Å². The Morgan fingerprint density at radius 3 is 2.52 bits per heavy atom. The van der Waals surface area contributed by atoms with Crippen LogP contribution in [0.1, 0.15) is 33.6 Å². The molecular formula is C24H24ClNO4S. The van der Waals surface area contributed by atoms with Crippen LogP contribution in [0.4, 0.5) is 5.00 Å². The van der Waals surface area contributed by atoms with Crippen LogP contribution in [-0.4, -0.2) is 25.6 Å². The Kier molecular flexibility index (Phi) is 7.71. The Morgan fingerprint density at radius 1 is 1.10 bits per heavy atom. The van der Waals surface area contributed by atoms with E-state index in [2.05, 4.69) is 5.32 Å². The number of ether oxygens (including phenoxy) is 2. The van der Waals surface area contributed by atoms with Crippen molar-refractivity contribution in [1.29, 1.82) is 0 Å². The Labute approximate surface area is 191 Å². The summed E-state index contributed by atoms with van der Waals surface area (Å²) in [6, 6.07) is 15.0. The number of rotatable bonds is 8. The fourth-order valence-corrected chi connectivity index (χ4v) is 4.44. The Hall–Kier alpha value is -2.83. The van der Waals surface area contributed by atoms with Crippen molar-refractivity contribution in [3.05, 3.63) is 69.6 Å². The van der Waals surface area contributed by atoms with E-state index in [0.717, 1.165) is 27.3 Å². The van der Waals surface area contributed by atoms with Crippen molar-refractivity contribution in [1.82, 2.24) is 0 Å². The van der Waals surface area contributed by atoms with Gasteiger partial charge in [0.25, 0.3) is 0 Å².